The molecular weight excluding hydrogens is 785 g/mol. The first kappa shape index (κ1) is 34.4. The van der Waals surface area contributed by atoms with E-state index < -0.39 is 10.8 Å². The summed E-state index contributed by atoms with van der Waals surface area (Å²) in [4.78, 5) is 5.60. The lowest BCUT2D eigenvalue weighted by Crippen LogP contribution is -2.30. The summed E-state index contributed by atoms with van der Waals surface area (Å²) in [6.07, 6.45) is 0. The topological polar surface area (TPSA) is 0 Å². The molecule has 5 heteroatoms. The fourth-order valence-electron chi connectivity index (χ4n) is 10.2. The van der Waals surface area contributed by atoms with Gasteiger partial charge in [0.1, 0.15) is 0 Å². The van der Waals surface area contributed by atoms with Gasteiger partial charge in [-0.1, -0.05) is 119 Å². The predicted molar refractivity (Wildman–Crippen MR) is 251 cm³/mol. The smallest absolute Gasteiger partial charge is 0.0736 e. The molecule has 10 aromatic rings. The zero-order valence-electron chi connectivity index (χ0n) is 32.6. The minimum atomic E-state index is -0.480. The zero-order chi connectivity index (χ0) is 38.5. The maximum atomic E-state index is 2.67. The number of rotatable bonds is 4. The number of thiophene rings is 5. The van der Waals surface area contributed by atoms with Crippen molar-refractivity contribution in [1.29, 1.82) is 0 Å². The van der Waals surface area contributed by atoms with Gasteiger partial charge in [0.15, 0.2) is 0 Å². The Bertz CT molecular complexity index is 3170. The third kappa shape index (κ3) is 4.47. The predicted octanol–water partition coefficient (Wildman–Crippen LogP) is 16.0. The molecule has 0 spiro atoms. The van der Waals surface area contributed by atoms with Gasteiger partial charge in [-0.05, 0) is 110 Å². The summed E-state index contributed by atoms with van der Waals surface area (Å²) < 4.78 is 8.59. The first-order chi connectivity index (χ1) is 27.7. The van der Waals surface area contributed by atoms with Crippen LogP contribution in [0.25, 0.3) is 49.1 Å². The van der Waals surface area contributed by atoms with E-state index >= 15 is 0 Å². The Morgan fingerprint density at radius 1 is 0.333 bits per heavy atom. The van der Waals surface area contributed by atoms with Crippen LogP contribution in [0.4, 0.5) is 0 Å². The molecule has 5 aromatic carbocycles. The summed E-state index contributed by atoms with van der Waals surface area (Å²) in [5.74, 6) is 0. The monoisotopic (exact) mass is 822 g/mol. The van der Waals surface area contributed by atoms with Gasteiger partial charge in [-0.3, -0.25) is 0 Å². The molecule has 2 aliphatic rings. The lowest BCUT2D eigenvalue weighted by atomic mass is 9.65. The van der Waals surface area contributed by atoms with Gasteiger partial charge in [0, 0.05) is 40.0 Å². The van der Waals surface area contributed by atoms with Crippen LogP contribution >= 0.6 is 56.7 Å². The molecule has 276 valence electrons. The molecule has 0 bridgehead atoms. The van der Waals surface area contributed by atoms with Crippen LogP contribution in [0.2, 0.25) is 0 Å². The van der Waals surface area contributed by atoms with Crippen molar-refractivity contribution < 1.29 is 0 Å². The molecule has 0 saturated carbocycles. The van der Waals surface area contributed by atoms with Crippen LogP contribution in [-0.4, -0.2) is 0 Å². The molecule has 5 aromatic heterocycles. The van der Waals surface area contributed by atoms with E-state index in [-0.39, 0.29) is 0 Å². The number of benzene rings is 5. The second kappa shape index (κ2) is 12.0. The second-order valence-electron chi connectivity index (χ2n) is 16.4. The maximum absolute atomic E-state index is 2.67. The lowest BCUT2D eigenvalue weighted by molar-refractivity contribution is 0.766. The van der Waals surface area contributed by atoms with E-state index in [9.17, 15) is 0 Å². The largest absolute Gasteiger partial charge is 0.139 e. The molecule has 0 amide bonds. The SMILES string of the molecule is Cc1ccc(C2(c3ccc(C)cc3)c3cc4c(cc3-c3sc5cc(C)sc5c32)C(c2ccc(C)cc2)(c2ccc(C)cc2)c2c-4sc3c2sc2cc(C)sc23)cc1. The van der Waals surface area contributed by atoms with Gasteiger partial charge >= 0.3 is 0 Å². The molecule has 0 atom stereocenters. The quantitative estimate of drug-likeness (QED) is 0.166. The van der Waals surface area contributed by atoms with Gasteiger partial charge in [-0.2, -0.15) is 0 Å². The van der Waals surface area contributed by atoms with E-state index in [1.807, 2.05) is 56.7 Å². The van der Waals surface area contributed by atoms with Crippen LogP contribution in [0.1, 0.15) is 76.5 Å². The van der Waals surface area contributed by atoms with Crippen molar-refractivity contribution in [1.82, 2.24) is 0 Å². The van der Waals surface area contributed by atoms with E-state index in [0.717, 1.165) is 0 Å². The van der Waals surface area contributed by atoms with Gasteiger partial charge in [0.2, 0.25) is 0 Å². The summed E-state index contributed by atoms with van der Waals surface area (Å²) in [5.41, 5.74) is 18.1. The first-order valence-electron chi connectivity index (χ1n) is 19.6. The standard InChI is InChI=1S/C52H38S5/c1-27-7-15-33(16-8-27)51(34-17-9-28(2)10-18-34)39-26-38-40(25-37(39)45-43(51)47-41(55-45)23-31(5)53-47)52(35-19-11-29(3)12-20-35,36-21-13-30(4)14-22-36)44-46(38)57-50-48-42(56-49(44)50)24-32(6)54-48/h7-26H,1-6H3. The van der Waals surface area contributed by atoms with Crippen LogP contribution in [0.15, 0.2) is 121 Å². The van der Waals surface area contributed by atoms with Gasteiger partial charge in [-0.15, -0.1) is 56.7 Å². The third-order valence-corrected chi connectivity index (χ3v) is 19.0. The number of hydrogen-bond acceptors (Lipinski definition) is 5. The van der Waals surface area contributed by atoms with Crippen molar-refractivity contribution in [2.45, 2.75) is 52.4 Å². The van der Waals surface area contributed by atoms with Crippen molar-refractivity contribution in [3.8, 4) is 20.9 Å². The molecule has 0 aliphatic heterocycles. The second-order valence-corrected chi connectivity index (χ2v) is 22.0. The molecule has 12 rings (SSSR count). The van der Waals surface area contributed by atoms with E-state index in [0.29, 0.717) is 0 Å². The molecule has 0 N–H and O–H groups in total. The summed E-state index contributed by atoms with van der Waals surface area (Å²) in [6, 6.07) is 48.1. The van der Waals surface area contributed by atoms with Crippen molar-refractivity contribution in [2.24, 2.45) is 0 Å². The van der Waals surface area contributed by atoms with Crippen LogP contribution in [0.5, 0.6) is 0 Å². The van der Waals surface area contributed by atoms with Gasteiger partial charge in [-0.25, -0.2) is 0 Å². The molecule has 0 unspecified atom stereocenters. The van der Waals surface area contributed by atoms with Crippen molar-refractivity contribution in [3.63, 3.8) is 0 Å². The third-order valence-electron chi connectivity index (χ3n) is 12.7. The number of fused-ring (bicyclic) bond motifs is 12. The van der Waals surface area contributed by atoms with Crippen molar-refractivity contribution >= 4 is 84.9 Å². The van der Waals surface area contributed by atoms with Crippen molar-refractivity contribution in [3.05, 3.63) is 198 Å². The van der Waals surface area contributed by atoms with E-state index in [4.69, 9.17) is 0 Å². The molecule has 0 fully saturated rings. The van der Waals surface area contributed by atoms with E-state index in [1.165, 1.54) is 126 Å². The molecular formula is C52H38S5. The van der Waals surface area contributed by atoms with E-state index in [2.05, 4.69) is 163 Å². The first-order valence-corrected chi connectivity index (χ1v) is 23.7. The summed E-state index contributed by atoms with van der Waals surface area (Å²) >= 11 is 9.97. The molecule has 2 aliphatic carbocycles. The Hall–Kier alpha value is -4.62. The van der Waals surface area contributed by atoms with Gasteiger partial charge < -0.3 is 0 Å². The fraction of sp³-hybridized carbons (Fsp3) is 0.154. The Labute approximate surface area is 353 Å². The summed E-state index contributed by atoms with van der Waals surface area (Å²) in [7, 11) is 0. The highest BCUT2D eigenvalue weighted by Gasteiger charge is 2.54. The van der Waals surface area contributed by atoms with Crippen LogP contribution in [-0.2, 0) is 10.8 Å². The van der Waals surface area contributed by atoms with Crippen molar-refractivity contribution in [2.75, 3.05) is 0 Å². The molecule has 0 saturated heterocycles. The number of hydrogen-bond donors (Lipinski definition) is 0. The molecule has 5 heterocycles. The minimum absolute atomic E-state index is 0.470. The molecule has 57 heavy (non-hydrogen) atoms. The highest BCUT2D eigenvalue weighted by molar-refractivity contribution is 7.39. The highest BCUT2D eigenvalue weighted by atomic mass is 32.1. The maximum Gasteiger partial charge on any atom is 0.0736 e. The summed E-state index contributed by atoms with van der Waals surface area (Å²) in [6.45, 7) is 13.4. The van der Waals surface area contributed by atoms with E-state index in [1.54, 1.807) is 0 Å². The van der Waals surface area contributed by atoms with Crippen LogP contribution < -0.4 is 0 Å². The Morgan fingerprint density at radius 3 is 1.14 bits per heavy atom. The normalized spacial score (nSPS) is 14.8. The molecule has 0 nitrogen and oxygen atoms in total. The zero-order valence-corrected chi connectivity index (χ0v) is 36.7. The average molecular weight is 823 g/mol. The molecule has 0 radical (unpaired) electrons. The average Bonchev–Trinajstić information content (AvgIpc) is 4.05. The Morgan fingerprint density at radius 2 is 0.702 bits per heavy atom. The summed E-state index contributed by atoms with van der Waals surface area (Å²) in [5, 5.41) is 0. The Balaban J connectivity index is 1.28. The van der Waals surface area contributed by atoms with Gasteiger partial charge in [0.05, 0.1) is 29.6 Å². The Kier molecular flexibility index (Phi) is 7.23. The van der Waals surface area contributed by atoms with Crippen LogP contribution in [0.3, 0.4) is 0 Å². The minimum Gasteiger partial charge on any atom is -0.139 e. The lowest BCUT2D eigenvalue weighted by Gasteiger charge is -2.35. The van der Waals surface area contributed by atoms with Crippen LogP contribution in [0, 0.1) is 41.5 Å². The van der Waals surface area contributed by atoms with Gasteiger partial charge in [0.25, 0.3) is 0 Å². The highest BCUT2D eigenvalue weighted by Crippen LogP contribution is 2.68. The number of aryl methyl sites for hydroxylation is 6. The fourth-order valence-corrected chi connectivity index (χ4v) is 17.2.